The number of carbonyl (C=O) groups excluding carboxylic acids is 1. The molecule has 0 spiro atoms. The van der Waals surface area contributed by atoms with Crippen LogP contribution in [0.2, 0.25) is 0 Å². The third-order valence-electron chi connectivity index (χ3n) is 7.88. The number of hydrogen-bond donors (Lipinski definition) is 2. The average molecular weight is 451 g/mol. The monoisotopic (exact) mass is 450 g/mol. The molecular weight excluding hydrogens is 416 g/mol. The van der Waals surface area contributed by atoms with Crippen LogP contribution < -0.4 is 10.1 Å². The van der Waals surface area contributed by atoms with E-state index < -0.39 is 11.0 Å². The van der Waals surface area contributed by atoms with Gasteiger partial charge in [-0.3, -0.25) is 4.79 Å². The molecule has 5 rings (SSSR count). The van der Waals surface area contributed by atoms with Crippen molar-refractivity contribution in [3.8, 4) is 5.75 Å². The molecule has 1 saturated heterocycles. The molecule has 1 aromatic carbocycles. The van der Waals surface area contributed by atoms with E-state index in [-0.39, 0.29) is 11.9 Å². The van der Waals surface area contributed by atoms with Crippen molar-refractivity contribution in [1.29, 1.82) is 0 Å². The highest BCUT2D eigenvalue weighted by Crippen LogP contribution is 2.52. The fraction of sp³-hybridized carbons (Fsp3) is 0.519. The van der Waals surface area contributed by atoms with Crippen LogP contribution in [0.5, 0.6) is 5.75 Å². The highest BCUT2D eigenvalue weighted by molar-refractivity contribution is 5.91. The van der Waals surface area contributed by atoms with Crippen LogP contribution in [0, 0.1) is 5.92 Å². The van der Waals surface area contributed by atoms with Gasteiger partial charge in [0.1, 0.15) is 5.75 Å². The Morgan fingerprint density at radius 1 is 1.30 bits per heavy atom. The number of β-amino-alcohol motifs (C(OH)–C–C–N with tert-alkyl or cyclic N) is 1. The van der Waals surface area contributed by atoms with Crippen molar-refractivity contribution < 1.29 is 19.1 Å². The molecule has 2 aliphatic carbocycles. The van der Waals surface area contributed by atoms with Gasteiger partial charge in [0.2, 0.25) is 5.91 Å². The molecule has 3 fully saturated rings. The molecule has 33 heavy (non-hydrogen) atoms. The average Bonchev–Trinajstić information content (AvgIpc) is 3.47. The molecule has 0 radical (unpaired) electrons. The van der Waals surface area contributed by atoms with Gasteiger partial charge in [-0.15, -0.1) is 0 Å². The van der Waals surface area contributed by atoms with Gasteiger partial charge >= 0.3 is 0 Å². The first-order valence-corrected chi connectivity index (χ1v) is 12.1. The molecule has 1 aliphatic heterocycles. The summed E-state index contributed by atoms with van der Waals surface area (Å²) in [5, 5.41) is 15.3. The summed E-state index contributed by atoms with van der Waals surface area (Å²) >= 11 is 0. The molecule has 2 heterocycles. The molecule has 0 unspecified atom stereocenters. The molecule has 3 aliphatic rings. The van der Waals surface area contributed by atoms with Gasteiger partial charge < -0.3 is 24.5 Å². The Morgan fingerprint density at radius 2 is 2.18 bits per heavy atom. The normalized spacial score (nSPS) is 30.2. The summed E-state index contributed by atoms with van der Waals surface area (Å²) in [7, 11) is 1.68. The number of hydrogen-bond acceptors (Lipinski definition) is 5. The second-order valence-corrected chi connectivity index (χ2v) is 10.1. The first-order chi connectivity index (χ1) is 16.0. The van der Waals surface area contributed by atoms with Crippen molar-refractivity contribution in [2.75, 3.05) is 26.7 Å². The predicted octanol–water partition coefficient (Wildman–Crippen LogP) is 3.75. The number of amides is 1. The Balaban J connectivity index is 1.38. The Morgan fingerprint density at radius 3 is 2.94 bits per heavy atom. The zero-order chi connectivity index (χ0) is 22.9. The topological polar surface area (TPSA) is 74.9 Å². The van der Waals surface area contributed by atoms with E-state index in [1.165, 1.54) is 12.8 Å². The molecule has 2 N–H and O–H groups in total. The van der Waals surface area contributed by atoms with E-state index in [1.807, 2.05) is 18.2 Å². The van der Waals surface area contributed by atoms with Crippen LogP contribution in [0.4, 0.5) is 0 Å². The van der Waals surface area contributed by atoms with E-state index in [2.05, 4.69) is 22.3 Å². The first-order valence-electron chi connectivity index (χ1n) is 12.1. The summed E-state index contributed by atoms with van der Waals surface area (Å²) < 4.78 is 10.6. The molecule has 2 aromatic rings. The molecule has 0 bridgehead atoms. The molecule has 3 atom stereocenters. The maximum Gasteiger partial charge on any atom is 0.244 e. The van der Waals surface area contributed by atoms with Gasteiger partial charge in [-0.25, -0.2) is 0 Å². The number of fused-ring (bicyclic) bond motifs is 1. The number of nitrogens with zero attached hydrogens (tertiary/aromatic N) is 1. The van der Waals surface area contributed by atoms with Gasteiger partial charge in [0.05, 0.1) is 25.2 Å². The molecule has 1 aromatic heterocycles. The lowest BCUT2D eigenvalue weighted by Crippen LogP contribution is -2.67. The van der Waals surface area contributed by atoms with Gasteiger partial charge in [-0.05, 0) is 80.8 Å². The summed E-state index contributed by atoms with van der Waals surface area (Å²) in [6.45, 7) is 2.76. The van der Waals surface area contributed by atoms with Crippen LogP contribution in [0.3, 0.4) is 0 Å². The Labute approximate surface area is 195 Å². The van der Waals surface area contributed by atoms with E-state index in [4.69, 9.17) is 9.15 Å². The van der Waals surface area contributed by atoms with Crippen molar-refractivity contribution in [2.24, 2.45) is 5.92 Å². The van der Waals surface area contributed by atoms with E-state index in [0.717, 1.165) is 55.1 Å². The van der Waals surface area contributed by atoms with Gasteiger partial charge in [0.25, 0.3) is 0 Å². The number of benzene rings is 1. The molecule has 6 nitrogen and oxygen atoms in total. The van der Waals surface area contributed by atoms with Gasteiger partial charge in [-0.1, -0.05) is 12.1 Å². The zero-order valence-electron chi connectivity index (χ0n) is 19.3. The summed E-state index contributed by atoms with van der Waals surface area (Å²) in [6.07, 6.45) is 12.2. The lowest BCUT2D eigenvalue weighted by molar-refractivity contribution is -0.132. The maximum absolute atomic E-state index is 12.6. The number of carbonyl (C=O) groups is 1. The fourth-order valence-corrected chi connectivity index (χ4v) is 5.92. The largest absolute Gasteiger partial charge is 0.497 e. The minimum Gasteiger partial charge on any atom is -0.497 e. The standard InChI is InChI=1S/C27H34N2O4/c1-32-24-4-2-3-22(15-24)26-12-13-29(17-20-5-6-20)19-27(26,31)11-9-23(16-26)28-25(30)8-7-21-10-14-33-18-21/h2-4,7-8,10,14-15,18,20,23,31H,5-6,9,11-13,16-17,19H2,1H3,(H,28,30)/t23-,26+,27+/m1/s1. The van der Waals surface area contributed by atoms with E-state index in [9.17, 15) is 9.90 Å². The van der Waals surface area contributed by atoms with Gasteiger partial charge in [-0.2, -0.15) is 0 Å². The Hall–Kier alpha value is -2.57. The van der Waals surface area contributed by atoms with Gasteiger partial charge in [0, 0.05) is 36.2 Å². The number of nitrogens with one attached hydrogen (secondary N) is 1. The third kappa shape index (κ3) is 4.59. The van der Waals surface area contributed by atoms with Crippen molar-refractivity contribution in [3.05, 3.63) is 60.1 Å². The van der Waals surface area contributed by atoms with Crippen molar-refractivity contribution >= 4 is 12.0 Å². The summed E-state index contributed by atoms with van der Waals surface area (Å²) in [6, 6.07) is 9.97. The van der Waals surface area contributed by atoms with Crippen molar-refractivity contribution in [2.45, 2.75) is 55.6 Å². The minimum absolute atomic E-state index is 0.00737. The van der Waals surface area contributed by atoms with Crippen molar-refractivity contribution in [3.63, 3.8) is 0 Å². The summed E-state index contributed by atoms with van der Waals surface area (Å²) in [5.41, 5.74) is 0.745. The first kappa shape index (κ1) is 22.2. The second kappa shape index (κ2) is 8.99. The second-order valence-electron chi connectivity index (χ2n) is 10.1. The molecule has 1 amide bonds. The van der Waals surface area contributed by atoms with E-state index >= 15 is 0 Å². The van der Waals surface area contributed by atoms with E-state index in [1.54, 1.807) is 31.8 Å². The van der Waals surface area contributed by atoms with E-state index in [0.29, 0.717) is 13.0 Å². The number of likely N-dealkylation sites (tertiary alicyclic amines) is 1. The number of ether oxygens (including phenoxy) is 1. The van der Waals surface area contributed by atoms with Crippen LogP contribution >= 0.6 is 0 Å². The van der Waals surface area contributed by atoms with Crippen molar-refractivity contribution in [1.82, 2.24) is 10.2 Å². The highest BCUT2D eigenvalue weighted by Gasteiger charge is 2.57. The SMILES string of the molecule is COc1cccc([C@@]23CCN(CC4CC4)C[C@@]2(O)CC[C@@H](NC(=O)C=Cc2ccoc2)C3)c1. The molecular formula is C27H34N2O4. The number of rotatable bonds is 7. The zero-order valence-corrected chi connectivity index (χ0v) is 19.3. The van der Waals surface area contributed by atoms with Crippen LogP contribution in [0.1, 0.15) is 49.7 Å². The lowest BCUT2D eigenvalue weighted by atomic mass is 9.55. The third-order valence-corrected chi connectivity index (χ3v) is 7.88. The van der Waals surface area contributed by atoms with Crippen LogP contribution in [0.25, 0.3) is 6.08 Å². The molecule has 2 saturated carbocycles. The smallest absolute Gasteiger partial charge is 0.244 e. The summed E-state index contributed by atoms with van der Waals surface area (Å²) in [5.74, 6) is 1.49. The number of piperidine rings is 1. The predicted molar refractivity (Wildman–Crippen MR) is 127 cm³/mol. The van der Waals surface area contributed by atoms with Gasteiger partial charge in [0.15, 0.2) is 0 Å². The molecule has 6 heteroatoms. The fourth-order valence-electron chi connectivity index (χ4n) is 5.92. The Kier molecular flexibility index (Phi) is 6.06. The number of furan rings is 1. The molecule has 176 valence electrons. The highest BCUT2D eigenvalue weighted by atomic mass is 16.5. The summed E-state index contributed by atoms with van der Waals surface area (Å²) in [4.78, 5) is 15.1. The Bertz CT molecular complexity index is 999. The quantitative estimate of drug-likeness (QED) is 0.629. The minimum atomic E-state index is -0.819. The van der Waals surface area contributed by atoms with Crippen LogP contribution in [-0.2, 0) is 10.2 Å². The lowest BCUT2D eigenvalue weighted by Gasteiger charge is -2.58. The van der Waals surface area contributed by atoms with Crippen LogP contribution in [0.15, 0.2) is 53.4 Å². The number of methoxy groups -OCH3 is 1. The number of aliphatic hydroxyl groups is 1. The maximum atomic E-state index is 12.6. The van der Waals surface area contributed by atoms with Crippen LogP contribution in [-0.4, -0.2) is 54.3 Å².